The largest absolute Gasteiger partial charge is 0.495 e. The molecule has 0 heterocycles. The summed E-state index contributed by atoms with van der Waals surface area (Å²) >= 11 is 19.3. The van der Waals surface area contributed by atoms with E-state index < -0.39 is 28.5 Å². The molecular weight excluding hydrogens is 633 g/mol. The summed E-state index contributed by atoms with van der Waals surface area (Å²) in [4.78, 5) is 29.1. The molecule has 0 bridgehead atoms. The molecule has 3 aromatic rings. The Morgan fingerprint density at radius 3 is 2.14 bits per heavy atom. The zero-order chi connectivity index (χ0) is 31.9. The van der Waals surface area contributed by atoms with E-state index in [0.717, 1.165) is 9.87 Å². The summed E-state index contributed by atoms with van der Waals surface area (Å²) in [6, 6.07) is 14.6. The Kier molecular flexibility index (Phi) is 12.2. The van der Waals surface area contributed by atoms with Crippen LogP contribution in [0, 0.1) is 6.92 Å². The lowest BCUT2D eigenvalue weighted by atomic mass is 10.1. The number of nitrogens with one attached hydrogen (secondary N) is 1. The smallest absolute Gasteiger partial charge is 0.264 e. The summed E-state index contributed by atoms with van der Waals surface area (Å²) in [5, 5.41) is 3.79. The lowest BCUT2D eigenvalue weighted by Gasteiger charge is -2.34. The average Bonchev–Trinajstić information content (AvgIpc) is 2.97. The minimum atomic E-state index is -4.32. The first-order chi connectivity index (χ1) is 20.3. The Bertz CT molecular complexity index is 1530. The zero-order valence-corrected chi connectivity index (χ0v) is 27.8. The molecule has 0 radical (unpaired) electrons. The van der Waals surface area contributed by atoms with E-state index in [4.69, 9.17) is 39.5 Å². The van der Waals surface area contributed by atoms with Gasteiger partial charge >= 0.3 is 0 Å². The lowest BCUT2D eigenvalue weighted by Crippen LogP contribution is -2.53. The average molecular weight is 669 g/mol. The topological polar surface area (TPSA) is 96.0 Å². The number of halogens is 3. The van der Waals surface area contributed by atoms with Crippen molar-refractivity contribution in [3.63, 3.8) is 0 Å². The van der Waals surface area contributed by atoms with Gasteiger partial charge in [-0.15, -0.1) is 0 Å². The van der Waals surface area contributed by atoms with Gasteiger partial charge in [0.2, 0.25) is 11.8 Å². The molecule has 2 unspecified atom stereocenters. The van der Waals surface area contributed by atoms with Crippen molar-refractivity contribution in [3.05, 3.63) is 86.9 Å². The lowest BCUT2D eigenvalue weighted by molar-refractivity contribution is -0.140. The summed E-state index contributed by atoms with van der Waals surface area (Å²) in [7, 11) is -2.93. The molecule has 12 heteroatoms. The second-order valence-corrected chi connectivity index (χ2v) is 13.2. The number of benzene rings is 3. The van der Waals surface area contributed by atoms with Gasteiger partial charge in [-0.05, 0) is 69.2 Å². The number of nitrogens with zero attached hydrogens (tertiary/aromatic N) is 2. The number of anilines is 1. The predicted octanol–water partition coefficient (Wildman–Crippen LogP) is 6.88. The van der Waals surface area contributed by atoms with Gasteiger partial charge in [0.25, 0.3) is 10.0 Å². The van der Waals surface area contributed by atoms with Crippen molar-refractivity contribution in [2.24, 2.45) is 0 Å². The van der Waals surface area contributed by atoms with Crippen LogP contribution in [-0.4, -0.2) is 50.9 Å². The molecule has 43 heavy (non-hydrogen) atoms. The highest BCUT2D eigenvalue weighted by Gasteiger charge is 2.35. The Hall–Kier alpha value is -2.98. The van der Waals surface area contributed by atoms with Crippen LogP contribution in [0.4, 0.5) is 5.69 Å². The fourth-order valence-electron chi connectivity index (χ4n) is 4.42. The van der Waals surface area contributed by atoms with Crippen molar-refractivity contribution in [1.29, 1.82) is 0 Å². The molecule has 0 spiro atoms. The molecule has 232 valence electrons. The number of sulfonamides is 1. The van der Waals surface area contributed by atoms with E-state index >= 15 is 0 Å². The molecule has 0 aliphatic carbocycles. The first-order valence-electron chi connectivity index (χ1n) is 13.8. The number of carbonyl (C=O) groups is 2. The summed E-state index contributed by atoms with van der Waals surface area (Å²) in [6.07, 6.45) is 0.935. The minimum absolute atomic E-state index is 0.0322. The molecule has 1 N–H and O–H groups in total. The van der Waals surface area contributed by atoms with Crippen LogP contribution in [0.1, 0.15) is 44.7 Å². The first-order valence-corrected chi connectivity index (χ1v) is 16.4. The highest BCUT2D eigenvalue weighted by Crippen LogP contribution is 2.35. The third-order valence-corrected chi connectivity index (χ3v) is 9.79. The van der Waals surface area contributed by atoms with Crippen LogP contribution in [0.3, 0.4) is 0 Å². The summed E-state index contributed by atoms with van der Waals surface area (Å²) in [6.45, 7) is 6.62. The van der Waals surface area contributed by atoms with Crippen molar-refractivity contribution in [1.82, 2.24) is 10.2 Å². The first kappa shape index (κ1) is 34.5. The van der Waals surface area contributed by atoms with Crippen LogP contribution in [0.25, 0.3) is 0 Å². The monoisotopic (exact) mass is 667 g/mol. The van der Waals surface area contributed by atoms with Crippen molar-refractivity contribution < 1.29 is 22.7 Å². The van der Waals surface area contributed by atoms with Crippen molar-refractivity contribution in [3.8, 4) is 5.75 Å². The van der Waals surface area contributed by atoms with Gasteiger partial charge in [0.1, 0.15) is 18.3 Å². The second-order valence-electron chi connectivity index (χ2n) is 10.1. The van der Waals surface area contributed by atoms with Crippen LogP contribution >= 0.6 is 34.8 Å². The van der Waals surface area contributed by atoms with E-state index in [2.05, 4.69) is 5.32 Å². The Labute approximate surface area is 268 Å². The minimum Gasteiger partial charge on any atom is -0.495 e. The number of hydrogen-bond donors (Lipinski definition) is 1. The molecule has 0 aliphatic rings. The van der Waals surface area contributed by atoms with Crippen LogP contribution < -0.4 is 14.4 Å². The van der Waals surface area contributed by atoms with Gasteiger partial charge in [-0.3, -0.25) is 13.9 Å². The molecule has 3 aromatic carbocycles. The van der Waals surface area contributed by atoms with Gasteiger partial charge in [-0.25, -0.2) is 8.42 Å². The highest BCUT2D eigenvalue weighted by molar-refractivity contribution is 7.92. The van der Waals surface area contributed by atoms with E-state index in [-0.39, 0.29) is 46.3 Å². The maximum Gasteiger partial charge on any atom is 0.264 e. The normalized spacial score (nSPS) is 12.7. The van der Waals surface area contributed by atoms with Gasteiger partial charge in [0, 0.05) is 33.2 Å². The van der Waals surface area contributed by atoms with E-state index in [9.17, 15) is 18.0 Å². The quantitative estimate of drug-likeness (QED) is 0.214. The van der Waals surface area contributed by atoms with Gasteiger partial charge < -0.3 is 15.0 Å². The number of hydrogen-bond acceptors (Lipinski definition) is 5. The van der Waals surface area contributed by atoms with Crippen LogP contribution in [0.5, 0.6) is 5.75 Å². The Morgan fingerprint density at radius 2 is 1.58 bits per heavy atom. The molecule has 0 saturated heterocycles. The summed E-state index contributed by atoms with van der Waals surface area (Å²) in [5.74, 6) is -0.836. The maximum absolute atomic E-state index is 14.3. The number of rotatable bonds is 13. The zero-order valence-electron chi connectivity index (χ0n) is 24.7. The number of methoxy groups -OCH3 is 1. The van der Waals surface area contributed by atoms with E-state index in [1.165, 1.54) is 36.3 Å². The van der Waals surface area contributed by atoms with Gasteiger partial charge in [-0.2, -0.15) is 0 Å². The van der Waals surface area contributed by atoms with E-state index in [1.807, 2.05) is 20.8 Å². The third-order valence-electron chi connectivity index (χ3n) is 7.07. The standard InChI is InChI=1S/C31H36Cl3N3O5S/c1-6-21(4)35-31(39)27(7-2)36(18-24-25(33)9-8-10-26(24)34)30(38)19-37(28-17-22(32)13-16-29(28)42-5)43(40,41)23-14-11-20(3)12-15-23/h8-17,21,27H,6-7,18-19H2,1-5H3,(H,35,39). The van der Waals surface area contributed by atoms with Crippen molar-refractivity contribution >= 4 is 62.3 Å². The molecule has 2 amide bonds. The summed E-state index contributed by atoms with van der Waals surface area (Å²) < 4.78 is 34.7. The van der Waals surface area contributed by atoms with Gasteiger partial charge in [0.05, 0.1) is 17.7 Å². The molecule has 3 rings (SSSR count). The Balaban J connectivity index is 2.17. The molecule has 0 fully saturated rings. The second kappa shape index (κ2) is 15.1. The Morgan fingerprint density at radius 1 is 0.953 bits per heavy atom. The molecular formula is C31H36Cl3N3O5S. The van der Waals surface area contributed by atoms with Crippen molar-refractivity contribution in [2.45, 2.75) is 64.1 Å². The molecule has 8 nitrogen and oxygen atoms in total. The van der Waals surface area contributed by atoms with Crippen LogP contribution in [0.15, 0.2) is 65.6 Å². The van der Waals surface area contributed by atoms with Crippen LogP contribution in [-0.2, 0) is 26.2 Å². The molecule has 0 aromatic heterocycles. The number of carbonyl (C=O) groups excluding carboxylic acids is 2. The predicted molar refractivity (Wildman–Crippen MR) is 173 cm³/mol. The highest BCUT2D eigenvalue weighted by atomic mass is 35.5. The van der Waals surface area contributed by atoms with E-state index in [0.29, 0.717) is 22.0 Å². The fourth-order valence-corrected chi connectivity index (χ4v) is 6.52. The number of aryl methyl sites for hydroxylation is 1. The summed E-state index contributed by atoms with van der Waals surface area (Å²) in [5.41, 5.74) is 1.36. The van der Waals surface area contributed by atoms with Crippen LogP contribution in [0.2, 0.25) is 15.1 Å². The van der Waals surface area contributed by atoms with Gasteiger partial charge in [0.15, 0.2) is 0 Å². The van der Waals surface area contributed by atoms with Gasteiger partial charge in [-0.1, -0.05) is 72.4 Å². The third kappa shape index (κ3) is 8.35. The fraction of sp³-hybridized carbons (Fsp3) is 0.355. The van der Waals surface area contributed by atoms with Crippen molar-refractivity contribution in [2.75, 3.05) is 18.0 Å². The molecule has 2 atom stereocenters. The van der Waals surface area contributed by atoms with E-state index in [1.54, 1.807) is 43.3 Å². The molecule has 0 saturated carbocycles. The maximum atomic E-state index is 14.3. The number of ether oxygens (including phenoxy) is 1. The molecule has 0 aliphatic heterocycles. The number of amides is 2. The SMILES string of the molecule is CCC(C)NC(=O)C(CC)N(Cc1c(Cl)cccc1Cl)C(=O)CN(c1cc(Cl)ccc1OC)S(=O)(=O)c1ccc(C)cc1.